The summed E-state index contributed by atoms with van der Waals surface area (Å²) in [5.41, 5.74) is 5.69. The maximum absolute atomic E-state index is 15.5. The molecule has 0 fully saturated rings. The lowest BCUT2D eigenvalue weighted by Gasteiger charge is -2.19. The van der Waals surface area contributed by atoms with Crippen molar-refractivity contribution in [1.29, 1.82) is 0 Å². The van der Waals surface area contributed by atoms with E-state index >= 15 is 4.39 Å². The number of aryl methyl sites for hydroxylation is 2. The lowest BCUT2D eigenvalue weighted by molar-refractivity contribution is -0.660. The Balaban J connectivity index is 1.72. The molecule has 3 aromatic carbocycles. The summed E-state index contributed by atoms with van der Waals surface area (Å²) in [6, 6.07) is 19.0. The fraction of sp³-hybridized carbons (Fsp3) is 0.179. The molecular formula is C28H23FNOS+. The molecule has 3 heterocycles. The summed E-state index contributed by atoms with van der Waals surface area (Å²) in [5, 5.41) is 1.75. The smallest absolute Gasteiger partial charge is 0.216 e. The van der Waals surface area contributed by atoms with Crippen molar-refractivity contribution in [3.63, 3.8) is 0 Å². The van der Waals surface area contributed by atoms with Crippen molar-refractivity contribution in [2.75, 3.05) is 5.75 Å². The number of furan rings is 1. The first-order valence-electron chi connectivity index (χ1n) is 11.7. The highest BCUT2D eigenvalue weighted by molar-refractivity contribution is 7.99. The van der Waals surface area contributed by atoms with Gasteiger partial charge in [-0.15, -0.1) is 11.8 Å². The Kier molecular flexibility index (Phi) is 4.08. The normalized spacial score (nSPS) is 16.1. The highest BCUT2D eigenvalue weighted by Crippen LogP contribution is 2.44. The van der Waals surface area contributed by atoms with Gasteiger partial charge in [0.2, 0.25) is 5.69 Å². The third-order valence-corrected chi connectivity index (χ3v) is 7.29. The molecule has 0 saturated heterocycles. The van der Waals surface area contributed by atoms with Crippen molar-refractivity contribution in [1.82, 2.24) is 0 Å². The zero-order valence-corrected chi connectivity index (χ0v) is 18.7. The van der Waals surface area contributed by atoms with Crippen molar-refractivity contribution in [2.45, 2.75) is 24.6 Å². The largest absolute Gasteiger partial charge is 0.454 e. The number of thioether (sulfide) groups is 1. The van der Waals surface area contributed by atoms with E-state index in [1.54, 1.807) is 17.8 Å². The van der Waals surface area contributed by atoms with E-state index in [1.165, 1.54) is 6.07 Å². The second kappa shape index (κ2) is 7.49. The van der Waals surface area contributed by atoms with Gasteiger partial charge in [0, 0.05) is 30.5 Å². The average Bonchev–Trinajstić information content (AvgIpc) is 3.17. The minimum atomic E-state index is -1.53. The molecule has 0 aliphatic carbocycles. The van der Waals surface area contributed by atoms with Gasteiger partial charge >= 0.3 is 0 Å². The van der Waals surface area contributed by atoms with Crippen LogP contribution in [0.4, 0.5) is 4.39 Å². The Labute approximate surface area is 193 Å². The topological polar surface area (TPSA) is 17.0 Å². The van der Waals surface area contributed by atoms with Crippen molar-refractivity contribution < 1.29 is 16.1 Å². The molecule has 0 amide bonds. The SMILES string of the molecule is [2H]C1([2H])CCSc2cccc(-c3c(F)ccc4c3oc3c(-c5cccc[n+]5C)c(C)ccc34)c21. The molecule has 5 aromatic rings. The maximum atomic E-state index is 15.5. The standard InChI is InChI=1S/C28H23FNOS/c1-17-11-12-20-21-13-14-22(29)26(19-7-5-10-24-18(19)8-6-16-32-24)28(21)31-27(20)25(17)23-9-3-4-15-30(23)2/h3-5,7,9-15H,6,8,16H2,1-2H3/q+1/i8D2. The van der Waals surface area contributed by atoms with E-state index < -0.39 is 12.2 Å². The van der Waals surface area contributed by atoms with Crippen LogP contribution in [0.15, 0.2) is 76.2 Å². The van der Waals surface area contributed by atoms with Gasteiger partial charge in [-0.3, -0.25) is 0 Å². The Bertz CT molecular complexity index is 1610. The molecule has 4 heteroatoms. The number of pyridine rings is 1. The molecule has 158 valence electrons. The summed E-state index contributed by atoms with van der Waals surface area (Å²) in [7, 11) is 2.00. The first kappa shape index (κ1) is 17.4. The van der Waals surface area contributed by atoms with Crippen LogP contribution in [-0.2, 0) is 13.4 Å². The fourth-order valence-corrected chi connectivity index (χ4v) is 5.63. The van der Waals surface area contributed by atoms with Gasteiger partial charge in [-0.1, -0.05) is 24.3 Å². The summed E-state index contributed by atoms with van der Waals surface area (Å²) >= 11 is 1.62. The van der Waals surface area contributed by atoms with Gasteiger partial charge in [0.05, 0.1) is 11.1 Å². The molecule has 1 aliphatic rings. The molecular weight excluding hydrogens is 417 g/mol. The van der Waals surface area contributed by atoms with Crippen LogP contribution in [0.25, 0.3) is 44.3 Å². The molecule has 0 radical (unpaired) electrons. The van der Waals surface area contributed by atoms with E-state index in [1.807, 2.05) is 49.6 Å². The minimum absolute atomic E-state index is 0.331. The molecule has 0 saturated carbocycles. The fourth-order valence-electron chi connectivity index (χ4n) is 4.71. The monoisotopic (exact) mass is 442 g/mol. The second-order valence-electron chi connectivity index (χ2n) is 8.19. The van der Waals surface area contributed by atoms with Crippen LogP contribution in [0.1, 0.15) is 20.3 Å². The Hall–Kier alpha value is -3.11. The predicted octanol–water partition coefficient (Wildman–Crippen LogP) is 7.23. The van der Waals surface area contributed by atoms with E-state index in [0.717, 1.165) is 32.5 Å². The summed E-state index contributed by atoms with van der Waals surface area (Å²) in [6.07, 6.45) is 0.863. The van der Waals surface area contributed by atoms with Gasteiger partial charge in [-0.05, 0) is 66.4 Å². The van der Waals surface area contributed by atoms with E-state index in [2.05, 4.69) is 23.6 Å². The minimum Gasteiger partial charge on any atom is -0.454 e. The highest BCUT2D eigenvalue weighted by atomic mass is 32.2. The third kappa shape index (κ3) is 2.90. The van der Waals surface area contributed by atoms with Crippen LogP contribution in [-0.4, -0.2) is 5.75 Å². The van der Waals surface area contributed by atoms with Crippen LogP contribution in [0, 0.1) is 12.7 Å². The zero-order chi connectivity index (χ0) is 23.6. The molecule has 0 spiro atoms. The van der Waals surface area contributed by atoms with Crippen molar-refractivity contribution in [2.24, 2.45) is 7.05 Å². The number of hydrogen-bond donors (Lipinski definition) is 0. The van der Waals surface area contributed by atoms with Crippen LogP contribution >= 0.6 is 11.8 Å². The highest BCUT2D eigenvalue weighted by Gasteiger charge is 2.24. The molecule has 2 aromatic heterocycles. The maximum Gasteiger partial charge on any atom is 0.216 e. The van der Waals surface area contributed by atoms with E-state index in [0.29, 0.717) is 40.0 Å². The van der Waals surface area contributed by atoms with E-state index in [9.17, 15) is 0 Å². The van der Waals surface area contributed by atoms with Crippen LogP contribution < -0.4 is 4.57 Å². The Morgan fingerprint density at radius 1 is 0.969 bits per heavy atom. The van der Waals surface area contributed by atoms with Gasteiger partial charge in [-0.2, -0.15) is 0 Å². The first-order chi connectivity index (χ1) is 16.4. The number of benzene rings is 3. The molecule has 2 nitrogen and oxygen atoms in total. The number of halogens is 1. The lowest BCUT2D eigenvalue weighted by Crippen LogP contribution is -2.30. The third-order valence-electron chi connectivity index (χ3n) is 6.24. The summed E-state index contributed by atoms with van der Waals surface area (Å²) in [4.78, 5) is 0.870. The molecule has 0 bridgehead atoms. The van der Waals surface area contributed by atoms with Crippen LogP contribution in [0.3, 0.4) is 0 Å². The summed E-state index contributed by atoms with van der Waals surface area (Å²) in [5.74, 6) is 0.298. The van der Waals surface area contributed by atoms with Crippen LogP contribution in [0.5, 0.6) is 0 Å². The van der Waals surface area contributed by atoms with Gasteiger partial charge < -0.3 is 4.42 Å². The summed E-state index contributed by atoms with van der Waals surface area (Å²) in [6.45, 7) is 2.05. The molecule has 32 heavy (non-hydrogen) atoms. The molecule has 1 aliphatic heterocycles. The van der Waals surface area contributed by atoms with Crippen molar-refractivity contribution >= 4 is 33.7 Å². The number of fused-ring (bicyclic) bond motifs is 4. The van der Waals surface area contributed by atoms with Gasteiger partial charge in [0.25, 0.3) is 0 Å². The second-order valence-corrected chi connectivity index (χ2v) is 9.32. The predicted molar refractivity (Wildman–Crippen MR) is 130 cm³/mol. The van der Waals surface area contributed by atoms with Crippen LogP contribution in [0.2, 0.25) is 0 Å². The lowest BCUT2D eigenvalue weighted by atomic mass is 9.94. The number of hydrogen-bond acceptors (Lipinski definition) is 2. The quantitative estimate of drug-likeness (QED) is 0.268. The van der Waals surface area contributed by atoms with Gasteiger partial charge in [0.1, 0.15) is 24.0 Å². The molecule has 0 N–H and O–H groups in total. The van der Waals surface area contributed by atoms with E-state index in [-0.39, 0.29) is 0 Å². The Morgan fingerprint density at radius 2 is 1.78 bits per heavy atom. The van der Waals surface area contributed by atoms with Crippen molar-refractivity contribution in [3.05, 3.63) is 83.8 Å². The van der Waals surface area contributed by atoms with Gasteiger partial charge in [-0.25, -0.2) is 8.96 Å². The summed E-state index contributed by atoms with van der Waals surface area (Å²) < 4.78 is 41.5. The number of nitrogens with zero attached hydrogens (tertiary/aromatic N) is 1. The molecule has 0 atom stereocenters. The average molecular weight is 443 g/mol. The van der Waals surface area contributed by atoms with Gasteiger partial charge in [0.15, 0.2) is 6.20 Å². The first-order valence-corrected chi connectivity index (χ1v) is 11.7. The van der Waals surface area contributed by atoms with E-state index in [4.69, 9.17) is 7.16 Å². The zero-order valence-electron chi connectivity index (χ0n) is 19.9. The number of rotatable bonds is 2. The Morgan fingerprint density at radius 3 is 2.62 bits per heavy atom. The molecule has 6 rings (SSSR count). The molecule has 0 unspecified atom stereocenters. The van der Waals surface area contributed by atoms with Crippen molar-refractivity contribution in [3.8, 4) is 22.4 Å². The number of aromatic nitrogens is 1.